The fourth-order valence-electron chi connectivity index (χ4n) is 2.13. The summed E-state index contributed by atoms with van der Waals surface area (Å²) in [6.45, 7) is 10.0. The van der Waals surface area contributed by atoms with Gasteiger partial charge in [-0.15, -0.1) is 0 Å². The van der Waals surface area contributed by atoms with Crippen LogP contribution in [0.5, 0.6) is 0 Å². The number of hydrogen-bond acceptors (Lipinski definition) is 2. The lowest BCUT2D eigenvalue weighted by molar-refractivity contribution is 0.188. The monoisotopic (exact) mass is 214 g/mol. The van der Waals surface area contributed by atoms with Crippen LogP contribution in [0.25, 0.3) is 0 Å². The molecule has 15 heavy (non-hydrogen) atoms. The van der Waals surface area contributed by atoms with Gasteiger partial charge in [0.25, 0.3) is 0 Å². The van der Waals surface area contributed by atoms with Gasteiger partial charge in [0.1, 0.15) is 0 Å². The molecule has 0 bridgehead atoms. The number of hydrogen-bond donors (Lipinski definition) is 1. The molecule has 0 spiro atoms. The van der Waals surface area contributed by atoms with Crippen LogP contribution in [0.4, 0.5) is 0 Å². The molecule has 92 valence electrons. The first-order valence-corrected chi connectivity index (χ1v) is 6.74. The third-order valence-electron chi connectivity index (χ3n) is 2.95. The Kier molecular flexibility index (Phi) is 10.4. The molecule has 2 N–H and O–H groups in total. The largest absolute Gasteiger partial charge is 0.329 e. The third kappa shape index (κ3) is 6.91. The van der Waals surface area contributed by atoms with Crippen molar-refractivity contribution in [3.05, 3.63) is 0 Å². The summed E-state index contributed by atoms with van der Waals surface area (Å²) < 4.78 is 0. The minimum atomic E-state index is 0.622. The Morgan fingerprint density at radius 3 is 1.93 bits per heavy atom. The Labute approximate surface area is 96.2 Å². The van der Waals surface area contributed by atoms with E-state index < -0.39 is 0 Å². The molecule has 0 aromatic carbocycles. The zero-order valence-corrected chi connectivity index (χ0v) is 11.0. The summed E-state index contributed by atoms with van der Waals surface area (Å²) in [6.07, 6.45) is 7.75. The molecular weight excluding hydrogens is 184 g/mol. The van der Waals surface area contributed by atoms with Gasteiger partial charge in [-0.25, -0.2) is 0 Å². The first-order chi connectivity index (χ1) is 7.29. The Hall–Kier alpha value is -0.0800. The maximum Gasteiger partial charge on any atom is 0.0218 e. The molecule has 0 saturated heterocycles. The minimum absolute atomic E-state index is 0.622. The zero-order chi connectivity index (χ0) is 11.5. The van der Waals surface area contributed by atoms with Crippen molar-refractivity contribution in [3.63, 3.8) is 0 Å². The normalized spacial score (nSPS) is 13.4. The molecule has 0 amide bonds. The first kappa shape index (κ1) is 14.9. The van der Waals surface area contributed by atoms with Crippen molar-refractivity contribution in [3.8, 4) is 0 Å². The predicted octanol–water partition coefficient (Wildman–Crippen LogP) is 3.02. The number of nitrogens with two attached hydrogens (primary N) is 1. The smallest absolute Gasteiger partial charge is 0.0218 e. The van der Waals surface area contributed by atoms with Crippen molar-refractivity contribution in [2.45, 2.75) is 65.3 Å². The Morgan fingerprint density at radius 2 is 1.53 bits per heavy atom. The van der Waals surface area contributed by atoms with Crippen molar-refractivity contribution in [1.29, 1.82) is 0 Å². The van der Waals surface area contributed by atoms with Gasteiger partial charge < -0.3 is 5.73 Å². The van der Waals surface area contributed by atoms with Gasteiger partial charge in [-0.2, -0.15) is 0 Å². The Morgan fingerprint density at radius 1 is 0.933 bits per heavy atom. The lowest BCUT2D eigenvalue weighted by Crippen LogP contribution is -2.41. The van der Waals surface area contributed by atoms with Crippen LogP contribution in [0.15, 0.2) is 0 Å². The van der Waals surface area contributed by atoms with Crippen molar-refractivity contribution >= 4 is 0 Å². The SMILES string of the molecule is CCCCCC(CN)N(CCC)CCC. The molecule has 0 aliphatic carbocycles. The van der Waals surface area contributed by atoms with Gasteiger partial charge in [-0.05, 0) is 32.4 Å². The summed E-state index contributed by atoms with van der Waals surface area (Å²) in [4.78, 5) is 2.58. The summed E-state index contributed by atoms with van der Waals surface area (Å²) in [7, 11) is 0. The van der Waals surface area contributed by atoms with E-state index in [0.717, 1.165) is 6.54 Å². The molecule has 0 rings (SSSR count). The van der Waals surface area contributed by atoms with E-state index in [9.17, 15) is 0 Å². The van der Waals surface area contributed by atoms with Gasteiger partial charge in [0.2, 0.25) is 0 Å². The second-order valence-corrected chi connectivity index (χ2v) is 4.42. The summed E-state index contributed by atoms with van der Waals surface area (Å²) >= 11 is 0. The van der Waals surface area contributed by atoms with Gasteiger partial charge in [-0.1, -0.05) is 40.0 Å². The highest BCUT2D eigenvalue weighted by Gasteiger charge is 2.14. The van der Waals surface area contributed by atoms with E-state index in [1.54, 1.807) is 0 Å². The standard InChI is InChI=1S/C13H30N2/c1-4-7-8-9-13(12-14)15(10-5-2)11-6-3/h13H,4-12,14H2,1-3H3. The molecule has 2 heteroatoms. The molecule has 0 aromatic heterocycles. The van der Waals surface area contributed by atoms with Gasteiger partial charge in [0.15, 0.2) is 0 Å². The van der Waals surface area contributed by atoms with Crippen LogP contribution in [-0.2, 0) is 0 Å². The fraction of sp³-hybridized carbons (Fsp3) is 1.00. The lowest BCUT2D eigenvalue weighted by atomic mass is 10.1. The molecule has 1 atom stereocenters. The van der Waals surface area contributed by atoms with E-state index in [1.807, 2.05) is 0 Å². The number of rotatable bonds is 10. The van der Waals surface area contributed by atoms with Crippen molar-refractivity contribution in [2.75, 3.05) is 19.6 Å². The van der Waals surface area contributed by atoms with Crippen LogP contribution in [0, 0.1) is 0 Å². The maximum atomic E-state index is 5.87. The van der Waals surface area contributed by atoms with Gasteiger partial charge in [0, 0.05) is 12.6 Å². The van der Waals surface area contributed by atoms with Crippen LogP contribution in [-0.4, -0.2) is 30.6 Å². The number of nitrogens with zero attached hydrogens (tertiary/aromatic N) is 1. The third-order valence-corrected chi connectivity index (χ3v) is 2.95. The van der Waals surface area contributed by atoms with Gasteiger partial charge >= 0.3 is 0 Å². The summed E-state index contributed by atoms with van der Waals surface area (Å²) in [5, 5.41) is 0. The molecular formula is C13H30N2. The summed E-state index contributed by atoms with van der Waals surface area (Å²) in [5.74, 6) is 0. The fourth-order valence-corrected chi connectivity index (χ4v) is 2.13. The van der Waals surface area contributed by atoms with Crippen LogP contribution >= 0.6 is 0 Å². The molecule has 2 nitrogen and oxygen atoms in total. The zero-order valence-electron chi connectivity index (χ0n) is 11.0. The number of unbranched alkanes of at least 4 members (excludes halogenated alkanes) is 2. The second kappa shape index (κ2) is 10.4. The molecule has 0 heterocycles. The topological polar surface area (TPSA) is 29.3 Å². The Bertz CT molecular complexity index is 120. The highest BCUT2D eigenvalue weighted by molar-refractivity contribution is 4.72. The second-order valence-electron chi connectivity index (χ2n) is 4.42. The summed E-state index contributed by atoms with van der Waals surface area (Å²) in [6, 6.07) is 0.622. The van der Waals surface area contributed by atoms with Crippen LogP contribution in [0.3, 0.4) is 0 Å². The molecule has 0 radical (unpaired) electrons. The average molecular weight is 214 g/mol. The lowest BCUT2D eigenvalue weighted by Gasteiger charge is -2.30. The minimum Gasteiger partial charge on any atom is -0.329 e. The molecule has 0 aliphatic rings. The molecule has 0 aliphatic heterocycles. The average Bonchev–Trinajstić information content (AvgIpc) is 2.24. The molecule has 0 fully saturated rings. The molecule has 0 saturated carbocycles. The predicted molar refractivity (Wildman–Crippen MR) is 69.1 cm³/mol. The van der Waals surface area contributed by atoms with Gasteiger partial charge in [0.05, 0.1) is 0 Å². The van der Waals surface area contributed by atoms with Crippen molar-refractivity contribution in [1.82, 2.24) is 4.90 Å². The highest BCUT2D eigenvalue weighted by Crippen LogP contribution is 2.10. The van der Waals surface area contributed by atoms with Gasteiger partial charge in [-0.3, -0.25) is 4.90 Å². The quantitative estimate of drug-likeness (QED) is 0.566. The first-order valence-electron chi connectivity index (χ1n) is 6.74. The summed E-state index contributed by atoms with van der Waals surface area (Å²) in [5.41, 5.74) is 5.87. The van der Waals surface area contributed by atoms with Crippen LogP contribution in [0.1, 0.15) is 59.3 Å². The Balaban J connectivity index is 3.93. The molecule has 0 aromatic rings. The van der Waals surface area contributed by atoms with E-state index in [-0.39, 0.29) is 0 Å². The van der Waals surface area contributed by atoms with Crippen LogP contribution in [0.2, 0.25) is 0 Å². The van der Waals surface area contributed by atoms with E-state index >= 15 is 0 Å². The van der Waals surface area contributed by atoms with E-state index in [0.29, 0.717) is 6.04 Å². The van der Waals surface area contributed by atoms with Crippen molar-refractivity contribution < 1.29 is 0 Å². The van der Waals surface area contributed by atoms with E-state index in [1.165, 1.54) is 51.6 Å². The van der Waals surface area contributed by atoms with Crippen LogP contribution < -0.4 is 5.73 Å². The highest BCUT2D eigenvalue weighted by atomic mass is 15.2. The molecule has 1 unspecified atom stereocenters. The van der Waals surface area contributed by atoms with E-state index in [4.69, 9.17) is 5.73 Å². The van der Waals surface area contributed by atoms with Crippen molar-refractivity contribution in [2.24, 2.45) is 5.73 Å². The maximum absolute atomic E-state index is 5.87. The van der Waals surface area contributed by atoms with E-state index in [2.05, 4.69) is 25.7 Å².